The Morgan fingerprint density at radius 3 is 2.70 bits per heavy atom. The van der Waals surface area contributed by atoms with E-state index in [2.05, 4.69) is 15.4 Å². The summed E-state index contributed by atoms with van der Waals surface area (Å²) < 4.78 is 1.82. The van der Waals surface area contributed by atoms with Crippen molar-refractivity contribution in [1.29, 1.82) is 0 Å². The van der Waals surface area contributed by atoms with Crippen LogP contribution < -0.4 is 5.32 Å². The van der Waals surface area contributed by atoms with Gasteiger partial charge in [-0.2, -0.15) is 16.9 Å². The lowest BCUT2D eigenvalue weighted by atomic mass is 10.3. The van der Waals surface area contributed by atoms with E-state index in [4.69, 9.17) is 0 Å². The number of nitrogens with zero attached hydrogens (tertiary/aromatic N) is 4. The minimum absolute atomic E-state index is 0.00734. The molecule has 2 amide bonds. The molecule has 1 N–H and O–H groups in total. The smallest absolute Gasteiger partial charge is 0.317 e. The lowest BCUT2D eigenvalue weighted by Crippen LogP contribution is -2.44. The minimum atomic E-state index is 0.00734. The van der Waals surface area contributed by atoms with Crippen molar-refractivity contribution in [2.24, 2.45) is 0 Å². The number of carbonyl (C=O) groups excluding carboxylic acids is 1. The fraction of sp³-hybridized carbons (Fsp3) is 0.438. The van der Waals surface area contributed by atoms with E-state index in [1.165, 1.54) is 0 Å². The van der Waals surface area contributed by atoms with Crippen LogP contribution in [-0.2, 0) is 6.54 Å². The van der Waals surface area contributed by atoms with Crippen LogP contribution in [0.1, 0.15) is 17.0 Å². The second kappa shape index (κ2) is 7.04. The van der Waals surface area contributed by atoms with Gasteiger partial charge < -0.3 is 10.2 Å². The highest BCUT2D eigenvalue weighted by atomic mass is 32.2. The maximum atomic E-state index is 12.1. The minimum Gasteiger partial charge on any atom is -0.334 e. The van der Waals surface area contributed by atoms with Gasteiger partial charge in [0.25, 0.3) is 0 Å². The van der Waals surface area contributed by atoms with Gasteiger partial charge in [0, 0.05) is 43.0 Å². The van der Waals surface area contributed by atoms with Gasteiger partial charge in [0.2, 0.25) is 0 Å². The van der Waals surface area contributed by atoms with Gasteiger partial charge in [-0.15, -0.1) is 0 Å². The number of aromatic nitrogens is 3. The number of thioether (sulfide) groups is 1. The quantitative estimate of drug-likeness (QED) is 0.936. The topological polar surface area (TPSA) is 63.1 Å². The molecule has 0 unspecified atom stereocenters. The van der Waals surface area contributed by atoms with Crippen molar-refractivity contribution in [1.82, 2.24) is 25.0 Å². The van der Waals surface area contributed by atoms with E-state index in [1.807, 2.05) is 53.4 Å². The standard InChI is InChI=1S/C16H21N5OS/c1-12-9-13(2)21(19-12)15-4-3-14(10-17-15)11-18-16(22)20-5-7-23-8-6-20/h3-4,9-10H,5-8,11H2,1-2H3,(H,18,22). The maximum absolute atomic E-state index is 12.1. The summed E-state index contributed by atoms with van der Waals surface area (Å²) in [5, 5.41) is 7.38. The first kappa shape index (κ1) is 15.9. The molecule has 0 radical (unpaired) electrons. The maximum Gasteiger partial charge on any atom is 0.317 e. The molecule has 0 atom stereocenters. The number of carbonyl (C=O) groups is 1. The number of hydrogen-bond acceptors (Lipinski definition) is 4. The molecular formula is C16H21N5OS. The third-order valence-electron chi connectivity index (χ3n) is 3.78. The summed E-state index contributed by atoms with van der Waals surface area (Å²) in [4.78, 5) is 18.4. The highest BCUT2D eigenvalue weighted by Gasteiger charge is 2.16. The molecule has 0 saturated carbocycles. The summed E-state index contributed by atoms with van der Waals surface area (Å²) in [7, 11) is 0. The average Bonchev–Trinajstić information content (AvgIpc) is 2.92. The Kier molecular flexibility index (Phi) is 4.85. The number of pyridine rings is 1. The molecule has 0 spiro atoms. The molecule has 0 aliphatic carbocycles. The number of hydrogen-bond donors (Lipinski definition) is 1. The van der Waals surface area contributed by atoms with Crippen LogP contribution in [0.4, 0.5) is 4.79 Å². The van der Waals surface area contributed by atoms with Gasteiger partial charge in [0.05, 0.1) is 5.69 Å². The number of amides is 2. The molecule has 7 heteroatoms. The van der Waals surface area contributed by atoms with Crippen LogP contribution in [0.25, 0.3) is 5.82 Å². The van der Waals surface area contributed by atoms with Crippen LogP contribution in [0, 0.1) is 13.8 Å². The normalized spacial score (nSPS) is 14.8. The Hall–Kier alpha value is -2.02. The molecule has 1 saturated heterocycles. The fourth-order valence-corrected chi connectivity index (χ4v) is 3.47. The van der Waals surface area contributed by atoms with Crippen molar-refractivity contribution >= 4 is 17.8 Å². The highest BCUT2D eigenvalue weighted by molar-refractivity contribution is 7.99. The van der Waals surface area contributed by atoms with E-state index in [9.17, 15) is 4.79 Å². The van der Waals surface area contributed by atoms with E-state index in [0.29, 0.717) is 6.54 Å². The molecule has 6 nitrogen and oxygen atoms in total. The van der Waals surface area contributed by atoms with Crippen molar-refractivity contribution in [3.05, 3.63) is 41.3 Å². The van der Waals surface area contributed by atoms with Crippen molar-refractivity contribution < 1.29 is 4.79 Å². The fourth-order valence-electron chi connectivity index (χ4n) is 2.56. The van der Waals surface area contributed by atoms with E-state index in [0.717, 1.165) is 47.4 Å². The van der Waals surface area contributed by atoms with Crippen molar-refractivity contribution in [2.75, 3.05) is 24.6 Å². The Morgan fingerprint density at radius 2 is 2.09 bits per heavy atom. The second-order valence-electron chi connectivity index (χ2n) is 5.62. The molecule has 3 rings (SSSR count). The van der Waals surface area contributed by atoms with Crippen LogP contribution >= 0.6 is 11.8 Å². The van der Waals surface area contributed by atoms with Crippen molar-refractivity contribution in [2.45, 2.75) is 20.4 Å². The summed E-state index contributed by atoms with van der Waals surface area (Å²) in [5.74, 6) is 2.83. The van der Waals surface area contributed by atoms with Gasteiger partial charge >= 0.3 is 6.03 Å². The van der Waals surface area contributed by atoms with E-state index in [1.54, 1.807) is 6.20 Å². The molecule has 0 aromatic carbocycles. The molecular weight excluding hydrogens is 310 g/mol. The molecule has 2 aromatic heterocycles. The zero-order valence-corrected chi connectivity index (χ0v) is 14.3. The van der Waals surface area contributed by atoms with Crippen LogP contribution in [-0.4, -0.2) is 50.3 Å². The largest absolute Gasteiger partial charge is 0.334 e. The summed E-state index contributed by atoms with van der Waals surface area (Å²) in [5.41, 5.74) is 3.01. The SMILES string of the molecule is Cc1cc(C)n(-c2ccc(CNC(=O)N3CCSCC3)cn2)n1. The molecule has 23 heavy (non-hydrogen) atoms. The highest BCUT2D eigenvalue weighted by Crippen LogP contribution is 2.11. The third kappa shape index (κ3) is 3.85. The predicted octanol–water partition coefficient (Wildman–Crippen LogP) is 2.14. The van der Waals surface area contributed by atoms with Gasteiger partial charge in [-0.05, 0) is 31.5 Å². The number of nitrogens with one attached hydrogen (secondary N) is 1. The first-order valence-electron chi connectivity index (χ1n) is 7.72. The molecule has 1 aliphatic heterocycles. The number of urea groups is 1. The second-order valence-corrected chi connectivity index (χ2v) is 6.85. The van der Waals surface area contributed by atoms with Gasteiger partial charge in [0.1, 0.15) is 0 Å². The van der Waals surface area contributed by atoms with Crippen LogP contribution in [0.15, 0.2) is 24.4 Å². The number of aryl methyl sites for hydroxylation is 2. The Balaban J connectivity index is 1.59. The molecule has 1 aliphatic rings. The summed E-state index contributed by atoms with van der Waals surface area (Å²) >= 11 is 1.89. The van der Waals surface area contributed by atoms with Gasteiger partial charge in [-0.1, -0.05) is 6.07 Å². The van der Waals surface area contributed by atoms with E-state index in [-0.39, 0.29) is 6.03 Å². The first-order valence-corrected chi connectivity index (χ1v) is 8.88. The van der Waals surface area contributed by atoms with Gasteiger partial charge in [0.15, 0.2) is 5.82 Å². The van der Waals surface area contributed by atoms with E-state index < -0.39 is 0 Å². The van der Waals surface area contributed by atoms with Crippen molar-refractivity contribution in [3.8, 4) is 5.82 Å². The Bertz CT molecular complexity index is 676. The molecule has 0 bridgehead atoms. The van der Waals surface area contributed by atoms with Crippen LogP contribution in [0.3, 0.4) is 0 Å². The lowest BCUT2D eigenvalue weighted by molar-refractivity contribution is 0.202. The van der Waals surface area contributed by atoms with Crippen LogP contribution in [0.5, 0.6) is 0 Å². The summed E-state index contributed by atoms with van der Waals surface area (Å²) in [6.45, 7) is 6.11. The van der Waals surface area contributed by atoms with Crippen molar-refractivity contribution in [3.63, 3.8) is 0 Å². The molecule has 2 aromatic rings. The molecule has 1 fully saturated rings. The van der Waals surface area contributed by atoms with Gasteiger partial charge in [-0.25, -0.2) is 14.5 Å². The summed E-state index contributed by atoms with van der Waals surface area (Å²) in [6.07, 6.45) is 1.79. The zero-order valence-electron chi connectivity index (χ0n) is 13.5. The third-order valence-corrected chi connectivity index (χ3v) is 4.72. The monoisotopic (exact) mass is 331 g/mol. The average molecular weight is 331 g/mol. The predicted molar refractivity (Wildman–Crippen MR) is 92.0 cm³/mol. The Morgan fingerprint density at radius 1 is 1.30 bits per heavy atom. The van der Waals surface area contributed by atoms with Crippen LogP contribution in [0.2, 0.25) is 0 Å². The summed E-state index contributed by atoms with van der Waals surface area (Å²) in [6, 6.07) is 5.93. The molecule has 3 heterocycles. The Labute approximate surface area is 140 Å². The zero-order chi connectivity index (χ0) is 16.2. The lowest BCUT2D eigenvalue weighted by Gasteiger charge is -2.26. The van der Waals surface area contributed by atoms with E-state index >= 15 is 0 Å². The molecule has 122 valence electrons. The number of rotatable bonds is 3. The first-order chi connectivity index (χ1) is 11.1. The van der Waals surface area contributed by atoms with Gasteiger partial charge in [-0.3, -0.25) is 0 Å².